The summed E-state index contributed by atoms with van der Waals surface area (Å²) in [6.45, 7) is 5.63. The highest BCUT2D eigenvalue weighted by Crippen LogP contribution is 2.25. The van der Waals surface area contributed by atoms with Crippen molar-refractivity contribution in [2.24, 2.45) is 0 Å². The van der Waals surface area contributed by atoms with Gasteiger partial charge in [-0.1, -0.05) is 0 Å². The Kier molecular flexibility index (Phi) is 2.95. The molecule has 0 amide bonds. The third-order valence-electron chi connectivity index (χ3n) is 2.04. The molecule has 0 bridgehead atoms. The van der Waals surface area contributed by atoms with Crippen molar-refractivity contribution in [3.8, 4) is 0 Å². The molecule has 6 N–H and O–H groups in total. The molecule has 0 saturated heterocycles. The Bertz CT molecular complexity index is 320. The normalized spacial score (nSPS) is 10.1. The summed E-state index contributed by atoms with van der Waals surface area (Å²) in [4.78, 5) is 9.82. The van der Waals surface area contributed by atoms with Crippen LogP contribution in [-0.2, 0) is 0 Å². The third-order valence-corrected chi connectivity index (χ3v) is 2.04. The molecule has 0 fully saturated rings. The molecule has 1 aromatic rings. The maximum atomic E-state index is 5.76. The lowest BCUT2D eigenvalue weighted by Gasteiger charge is -2.21. The molecule has 6 heteroatoms. The van der Waals surface area contributed by atoms with Crippen molar-refractivity contribution in [1.82, 2.24) is 9.97 Å². The number of nitrogens with two attached hydrogens (primary N) is 3. The van der Waals surface area contributed by atoms with Gasteiger partial charge in [0.2, 0.25) is 5.95 Å². The van der Waals surface area contributed by atoms with E-state index in [4.69, 9.17) is 17.2 Å². The smallest absolute Gasteiger partial charge is 0.224 e. The molecule has 0 spiro atoms. The lowest BCUT2D eigenvalue weighted by Crippen LogP contribution is -2.25. The number of aromatic nitrogens is 2. The predicted molar refractivity (Wildman–Crippen MR) is 58.8 cm³/mol. The van der Waals surface area contributed by atoms with Crippen molar-refractivity contribution in [2.45, 2.75) is 13.8 Å². The second-order valence-corrected chi connectivity index (χ2v) is 2.88. The molecular formula is C8H16N6. The summed E-state index contributed by atoms with van der Waals surface area (Å²) >= 11 is 0. The molecule has 78 valence electrons. The van der Waals surface area contributed by atoms with Crippen LogP contribution in [0.2, 0.25) is 0 Å². The van der Waals surface area contributed by atoms with Gasteiger partial charge in [-0.15, -0.1) is 0 Å². The third kappa shape index (κ3) is 1.78. The number of hydrogen-bond acceptors (Lipinski definition) is 6. The van der Waals surface area contributed by atoms with Crippen molar-refractivity contribution in [3.05, 3.63) is 0 Å². The molecule has 14 heavy (non-hydrogen) atoms. The maximum Gasteiger partial charge on any atom is 0.224 e. The number of nitrogens with zero attached hydrogens (tertiary/aromatic N) is 3. The Hall–Kier alpha value is -1.72. The van der Waals surface area contributed by atoms with E-state index in [-0.39, 0.29) is 11.8 Å². The van der Waals surface area contributed by atoms with Crippen LogP contribution < -0.4 is 22.1 Å². The standard InChI is InChI=1S/C8H16N6/c1-3-14(4-2)7-5(9)6(10)12-8(11)13-7/h3-4,9H2,1-2H3,(H4,10,11,12,13). The van der Waals surface area contributed by atoms with E-state index >= 15 is 0 Å². The first kappa shape index (κ1) is 10.4. The zero-order valence-electron chi connectivity index (χ0n) is 8.49. The van der Waals surface area contributed by atoms with Crippen LogP contribution in [0.1, 0.15) is 13.8 Å². The first-order valence-electron chi connectivity index (χ1n) is 4.53. The fraction of sp³-hybridized carbons (Fsp3) is 0.500. The molecule has 6 nitrogen and oxygen atoms in total. The van der Waals surface area contributed by atoms with Gasteiger partial charge in [0, 0.05) is 13.1 Å². The monoisotopic (exact) mass is 196 g/mol. The van der Waals surface area contributed by atoms with Crippen molar-refractivity contribution < 1.29 is 0 Å². The van der Waals surface area contributed by atoms with E-state index in [1.807, 2.05) is 18.7 Å². The maximum absolute atomic E-state index is 5.76. The highest BCUT2D eigenvalue weighted by atomic mass is 15.2. The van der Waals surface area contributed by atoms with Crippen LogP contribution in [0.3, 0.4) is 0 Å². The molecule has 0 aliphatic heterocycles. The number of rotatable bonds is 3. The minimum Gasteiger partial charge on any atom is -0.393 e. The lowest BCUT2D eigenvalue weighted by molar-refractivity contribution is 0.846. The van der Waals surface area contributed by atoms with Crippen LogP contribution in [0.25, 0.3) is 0 Å². The van der Waals surface area contributed by atoms with E-state index in [9.17, 15) is 0 Å². The first-order valence-corrected chi connectivity index (χ1v) is 4.53. The van der Waals surface area contributed by atoms with Crippen molar-refractivity contribution in [1.29, 1.82) is 0 Å². The SMILES string of the molecule is CCN(CC)c1nc(N)nc(N)c1N. The molecule has 0 aliphatic carbocycles. The molecule has 1 aromatic heterocycles. The lowest BCUT2D eigenvalue weighted by atomic mass is 10.4. The van der Waals surface area contributed by atoms with Gasteiger partial charge >= 0.3 is 0 Å². The minimum absolute atomic E-state index is 0.151. The van der Waals surface area contributed by atoms with Crippen molar-refractivity contribution >= 4 is 23.3 Å². The molecule has 0 aromatic carbocycles. The largest absolute Gasteiger partial charge is 0.393 e. The number of nitrogen functional groups attached to an aromatic ring is 3. The van der Waals surface area contributed by atoms with E-state index < -0.39 is 0 Å². The highest BCUT2D eigenvalue weighted by Gasteiger charge is 2.12. The molecule has 0 radical (unpaired) electrons. The van der Waals surface area contributed by atoms with Gasteiger partial charge in [-0.3, -0.25) is 0 Å². The second-order valence-electron chi connectivity index (χ2n) is 2.88. The summed E-state index contributed by atoms with van der Waals surface area (Å²) in [6, 6.07) is 0. The summed E-state index contributed by atoms with van der Waals surface area (Å²) in [6.07, 6.45) is 0. The van der Waals surface area contributed by atoms with Crippen LogP contribution in [0.4, 0.5) is 23.3 Å². The Labute approximate surface area is 83.1 Å². The number of anilines is 4. The van der Waals surface area contributed by atoms with Gasteiger partial charge in [-0.25, -0.2) is 0 Å². The zero-order valence-corrected chi connectivity index (χ0v) is 8.49. The zero-order chi connectivity index (χ0) is 10.7. The Morgan fingerprint density at radius 1 is 1.07 bits per heavy atom. The van der Waals surface area contributed by atoms with Gasteiger partial charge in [0.1, 0.15) is 5.69 Å². The Morgan fingerprint density at radius 2 is 1.64 bits per heavy atom. The average Bonchev–Trinajstić information content (AvgIpc) is 2.15. The minimum atomic E-state index is 0.151. The molecule has 0 atom stereocenters. The predicted octanol–water partition coefficient (Wildman–Crippen LogP) is 0.0694. The van der Waals surface area contributed by atoms with E-state index in [1.165, 1.54) is 0 Å². The molecule has 0 aliphatic rings. The first-order chi connectivity index (χ1) is 6.60. The van der Waals surface area contributed by atoms with Gasteiger partial charge in [-0.05, 0) is 13.8 Å². The highest BCUT2D eigenvalue weighted by molar-refractivity contribution is 5.74. The summed E-state index contributed by atoms with van der Waals surface area (Å²) in [7, 11) is 0. The summed E-state index contributed by atoms with van der Waals surface area (Å²) in [5.74, 6) is 0.998. The van der Waals surface area contributed by atoms with E-state index in [0.717, 1.165) is 13.1 Å². The van der Waals surface area contributed by atoms with Crippen LogP contribution in [-0.4, -0.2) is 23.1 Å². The van der Waals surface area contributed by atoms with Crippen LogP contribution in [0.15, 0.2) is 0 Å². The number of hydrogen-bond donors (Lipinski definition) is 3. The van der Waals surface area contributed by atoms with Gasteiger partial charge < -0.3 is 22.1 Å². The topological polar surface area (TPSA) is 107 Å². The van der Waals surface area contributed by atoms with Crippen molar-refractivity contribution in [3.63, 3.8) is 0 Å². The summed E-state index contributed by atoms with van der Waals surface area (Å²) in [5, 5.41) is 0. The Balaban J connectivity index is 3.18. The van der Waals surface area contributed by atoms with E-state index in [1.54, 1.807) is 0 Å². The van der Waals surface area contributed by atoms with Gasteiger partial charge in [0.05, 0.1) is 0 Å². The van der Waals surface area contributed by atoms with Crippen molar-refractivity contribution in [2.75, 3.05) is 35.2 Å². The molecule has 1 heterocycles. The average molecular weight is 196 g/mol. The molecular weight excluding hydrogens is 180 g/mol. The molecule has 0 saturated carbocycles. The molecule has 1 rings (SSSR count). The summed E-state index contributed by atoms with van der Waals surface area (Å²) < 4.78 is 0. The fourth-order valence-electron chi connectivity index (χ4n) is 1.26. The van der Waals surface area contributed by atoms with Crippen LogP contribution in [0, 0.1) is 0 Å². The van der Waals surface area contributed by atoms with E-state index in [0.29, 0.717) is 11.5 Å². The molecule has 0 unspecified atom stereocenters. The fourth-order valence-corrected chi connectivity index (χ4v) is 1.26. The van der Waals surface area contributed by atoms with Gasteiger partial charge in [0.15, 0.2) is 11.6 Å². The Morgan fingerprint density at radius 3 is 2.14 bits per heavy atom. The second kappa shape index (κ2) is 3.99. The van der Waals surface area contributed by atoms with Crippen LogP contribution in [0.5, 0.6) is 0 Å². The quantitative estimate of drug-likeness (QED) is 0.631. The van der Waals surface area contributed by atoms with E-state index in [2.05, 4.69) is 9.97 Å². The van der Waals surface area contributed by atoms with Crippen LogP contribution >= 0.6 is 0 Å². The van der Waals surface area contributed by atoms with Gasteiger partial charge in [-0.2, -0.15) is 9.97 Å². The summed E-state index contributed by atoms with van der Waals surface area (Å²) in [5.41, 5.74) is 17.2. The van der Waals surface area contributed by atoms with Gasteiger partial charge in [0.25, 0.3) is 0 Å².